The Morgan fingerprint density at radius 3 is 0.500 bits per heavy atom. The first-order valence-electron chi connectivity index (χ1n) is 0. The predicted molar refractivity (Wildman–Crippen MR) is 32.3 cm³/mol. The Morgan fingerprint density at radius 2 is 0.500 bits per heavy atom. The van der Waals surface area contributed by atoms with Crippen molar-refractivity contribution in [3.05, 3.63) is 0 Å². The van der Waals surface area contributed by atoms with E-state index >= 15 is 0 Å². The van der Waals surface area contributed by atoms with Gasteiger partial charge in [-0.15, -0.1) is 0 Å². The van der Waals surface area contributed by atoms with Crippen molar-refractivity contribution in [3.63, 3.8) is 0 Å². The van der Waals surface area contributed by atoms with E-state index in [1.165, 1.54) is 0 Å². The van der Waals surface area contributed by atoms with Gasteiger partial charge in [-0.25, -0.2) is 0 Å². The Morgan fingerprint density at radius 1 is 0.500 bits per heavy atom. The van der Waals surface area contributed by atoms with Crippen LogP contribution in [0.5, 0.6) is 0 Å². The first kappa shape index (κ1) is 112. The van der Waals surface area contributed by atoms with Crippen LogP contribution in [-0.4, -0.2) is 0 Å². The minimum atomic E-state index is 0. The monoisotopic (exact) mass is 102 g/mol. The fourth-order valence-electron chi connectivity index (χ4n) is 0. The molecular weight excluding hydrogens is 90.0 g/mol. The van der Waals surface area contributed by atoms with Crippen molar-refractivity contribution < 1.29 is 0 Å². The van der Waals surface area contributed by atoms with Gasteiger partial charge in [-0.1, -0.05) is 0 Å². The summed E-state index contributed by atoms with van der Waals surface area (Å²) in [7, 11) is 0. The van der Waals surface area contributed by atoms with Crippen molar-refractivity contribution in [2.45, 2.75) is 0 Å². The lowest BCUT2D eigenvalue weighted by atomic mass is 14.0. The molecule has 0 saturated carbocycles. The first-order chi connectivity index (χ1) is 0. The Balaban J connectivity index is 0. The van der Waals surface area contributed by atoms with Gasteiger partial charge in [0, 0.05) is 0 Å². The van der Waals surface area contributed by atoms with E-state index in [1.54, 1.807) is 0 Å². The largest absolute Gasteiger partial charge is 0.344 e. The van der Waals surface area contributed by atoms with Gasteiger partial charge in [-0.05, 0) is 0 Å². The van der Waals surface area contributed by atoms with Gasteiger partial charge in [-0.3, -0.25) is 0 Å². The summed E-state index contributed by atoms with van der Waals surface area (Å²) in [6.45, 7) is 0. The number of rotatable bonds is 0. The molecule has 0 radical (unpaired) electrons. The lowest BCUT2D eigenvalue weighted by molar-refractivity contribution is 2.13. The molecule has 32 valence electrons. The quantitative estimate of drug-likeness (QED) is 0.435. The summed E-state index contributed by atoms with van der Waals surface area (Å²) in [4.78, 5) is 0. The second-order valence-electron chi connectivity index (χ2n) is 0. The van der Waals surface area contributed by atoms with Crippen LogP contribution in [0.3, 0.4) is 0 Å². The fourth-order valence-corrected chi connectivity index (χ4v) is 0. The Bertz CT molecular complexity index is 4.00. The maximum atomic E-state index is 0. The molecule has 0 rings (SSSR count). The van der Waals surface area contributed by atoms with Crippen molar-refractivity contribution in [2.24, 2.45) is 0 Å². The van der Waals surface area contributed by atoms with Crippen LogP contribution in [0.15, 0.2) is 0 Å². The summed E-state index contributed by atoms with van der Waals surface area (Å²) in [5.41, 5.74) is 0. The van der Waals surface area contributed by atoms with Gasteiger partial charge < -0.3 is 12.3 Å². The highest BCUT2D eigenvalue weighted by Gasteiger charge is -0.152. The zero-order valence-electron chi connectivity index (χ0n) is 2.83. The van der Waals surface area contributed by atoms with Crippen LogP contribution in [0, 0.1) is 0 Å². The van der Waals surface area contributed by atoms with Gasteiger partial charge in [0.25, 0.3) is 0 Å². The van der Waals surface area contributed by atoms with E-state index in [0.717, 1.165) is 0 Å². The van der Waals surface area contributed by atoms with E-state index in [2.05, 4.69) is 0 Å². The zero-order valence-corrected chi connectivity index (χ0v) is 5.66. The van der Waals surface area contributed by atoms with Gasteiger partial charge >= 0.3 is 0 Å². The van der Waals surface area contributed by atoms with E-state index in [-0.39, 0.29) is 32.1 Å². The lowest BCUT2D eigenvalue weighted by Gasteiger charge is -0.345. The van der Waals surface area contributed by atoms with E-state index in [9.17, 15) is 0 Å². The predicted octanol–water partition coefficient (Wildman–Crippen LogP) is 0.440. The Labute approximate surface area is 33.1 Å². The third-order valence-corrected chi connectivity index (χ3v) is 0. The topological polar surface area (TPSA) is 70.0 Å². The number of hydrogen-bond donors (Lipinski definition) is 2. The van der Waals surface area contributed by atoms with Crippen molar-refractivity contribution in [2.75, 3.05) is 0 Å². The summed E-state index contributed by atoms with van der Waals surface area (Å²) < 4.78 is 0. The van der Waals surface area contributed by atoms with Crippen LogP contribution in [0.1, 0.15) is 0 Å². The minimum absolute atomic E-state index is 0. The third kappa shape index (κ3) is 14.5. The summed E-state index contributed by atoms with van der Waals surface area (Å²) in [5, 5.41) is 0. The molecule has 0 fully saturated rings. The molecule has 2 atom stereocenters. The maximum absolute atomic E-state index is 0. The smallest absolute Gasteiger partial charge is 0.153 e. The van der Waals surface area contributed by atoms with Gasteiger partial charge in [0.2, 0.25) is 0 Å². The van der Waals surface area contributed by atoms with Crippen LogP contribution in [0.4, 0.5) is 0 Å². The Kier molecular flexibility index (Phi) is 1350. The zero-order chi connectivity index (χ0) is 0. The van der Waals surface area contributed by atoms with Gasteiger partial charge in [-0.2, -0.15) is 19.8 Å². The van der Waals surface area contributed by atoms with Crippen LogP contribution >= 0.6 is 19.8 Å². The van der Waals surface area contributed by atoms with Crippen molar-refractivity contribution in [1.82, 2.24) is 12.3 Å². The molecule has 0 spiro atoms. The highest BCUT2D eigenvalue weighted by Crippen LogP contribution is 0.862. The van der Waals surface area contributed by atoms with Crippen molar-refractivity contribution in [3.8, 4) is 0 Å². The van der Waals surface area contributed by atoms with E-state index < -0.39 is 0 Å². The van der Waals surface area contributed by atoms with Gasteiger partial charge in [0.05, 0.1) is 0 Å². The molecule has 2 nitrogen and oxygen atoms in total. The molecule has 0 aliphatic heterocycles. The summed E-state index contributed by atoms with van der Waals surface area (Å²) >= 11 is 0. The van der Waals surface area contributed by atoms with Gasteiger partial charge in [0.1, 0.15) is 0 Å². The van der Waals surface area contributed by atoms with Crippen LogP contribution < -0.4 is 12.3 Å². The van der Waals surface area contributed by atoms with Crippen LogP contribution in [-0.2, 0) is 0 Å². The maximum Gasteiger partial charge on any atom is -0.153 e. The second-order valence-corrected chi connectivity index (χ2v) is 0. The SMILES string of the molecule is N.N.P.P. The average molecular weight is 102 g/mol. The first-order valence-corrected chi connectivity index (χ1v) is 0. The molecule has 2 unspecified atom stereocenters. The molecule has 4 heteroatoms. The molecule has 0 amide bonds. The molecule has 4 heavy (non-hydrogen) atoms. The molecule has 0 aromatic rings. The summed E-state index contributed by atoms with van der Waals surface area (Å²) in [6.07, 6.45) is 0. The molecule has 0 saturated heterocycles. The normalized spacial score (nSPS) is 0. The van der Waals surface area contributed by atoms with Crippen LogP contribution in [0.25, 0.3) is 0 Å². The summed E-state index contributed by atoms with van der Waals surface area (Å²) in [6, 6.07) is 0. The highest BCUT2D eigenvalue weighted by molar-refractivity contribution is 6.92. The molecule has 0 bridgehead atoms. The second kappa shape index (κ2) is 48.0. The average Bonchev–Trinajstić information content (AvgIpc) is 0. The molecule has 6 N–H and O–H groups in total. The van der Waals surface area contributed by atoms with Crippen molar-refractivity contribution >= 4 is 19.8 Å². The fraction of sp³-hybridized carbons (Fsp3) is 0. The molecule has 0 aliphatic carbocycles. The van der Waals surface area contributed by atoms with E-state index in [4.69, 9.17) is 0 Å². The number of hydrogen-bond acceptors (Lipinski definition) is 2. The van der Waals surface area contributed by atoms with Crippen molar-refractivity contribution in [1.29, 1.82) is 0 Å². The van der Waals surface area contributed by atoms with E-state index in [0.29, 0.717) is 0 Å². The molecule has 0 aliphatic rings. The summed E-state index contributed by atoms with van der Waals surface area (Å²) in [5.74, 6) is 0. The molecule has 0 aromatic carbocycles. The molecule has 0 heterocycles. The van der Waals surface area contributed by atoms with Crippen LogP contribution in [0.2, 0.25) is 0 Å². The van der Waals surface area contributed by atoms with Gasteiger partial charge in [0.15, 0.2) is 0 Å². The lowest BCUT2D eigenvalue weighted by Crippen LogP contribution is -0.482. The highest BCUT2D eigenvalue weighted by atomic mass is 31.0. The molecule has 0 aromatic heterocycles. The third-order valence-electron chi connectivity index (χ3n) is 0. The standard InChI is InChI=1S/2H3N.2H3P/h4*1H3. The van der Waals surface area contributed by atoms with E-state index in [1.807, 2.05) is 0 Å². The molecular formula is H12N2P2. The Hall–Kier alpha value is 0.780. The minimum Gasteiger partial charge on any atom is -0.344 e.